The molecule has 0 radical (unpaired) electrons. The minimum absolute atomic E-state index is 0.115. The van der Waals surface area contributed by atoms with Crippen LogP contribution in [0.25, 0.3) is 0 Å². The van der Waals surface area contributed by atoms with Gasteiger partial charge in [-0.2, -0.15) is 5.26 Å². The Morgan fingerprint density at radius 1 is 1.33 bits per heavy atom. The maximum Gasteiger partial charge on any atom is 0.330 e. The van der Waals surface area contributed by atoms with Crippen molar-refractivity contribution in [1.29, 1.82) is 5.26 Å². The predicted octanol–water partition coefficient (Wildman–Crippen LogP) is 2.44. The Morgan fingerprint density at radius 2 is 2.06 bits per heavy atom. The summed E-state index contributed by atoms with van der Waals surface area (Å²) < 4.78 is 28.6. The third kappa shape index (κ3) is 4.43. The molecule has 1 aromatic rings. The molecule has 0 aromatic carbocycles. The van der Waals surface area contributed by atoms with Gasteiger partial charge in [-0.3, -0.25) is 14.3 Å². The Balaban J connectivity index is 1.55. The number of nitrogens with zero attached hydrogens (tertiary/aromatic N) is 3. The van der Waals surface area contributed by atoms with Gasteiger partial charge >= 0.3 is 5.69 Å². The summed E-state index contributed by atoms with van der Waals surface area (Å²) in [5, 5.41) is 8.92. The molecule has 1 aromatic heterocycles. The lowest BCUT2D eigenvalue weighted by Gasteiger charge is -2.47. The molecule has 2 unspecified atom stereocenters. The van der Waals surface area contributed by atoms with Crippen LogP contribution in [0.5, 0.6) is 0 Å². The van der Waals surface area contributed by atoms with E-state index < -0.39 is 31.6 Å². The topological polar surface area (TPSA) is 119 Å². The van der Waals surface area contributed by atoms with Crippen LogP contribution in [-0.4, -0.2) is 57.8 Å². The number of aromatic amines is 1. The average molecular weight is 481 g/mol. The van der Waals surface area contributed by atoms with Crippen molar-refractivity contribution in [3.63, 3.8) is 0 Å². The van der Waals surface area contributed by atoms with Gasteiger partial charge in [-0.25, -0.2) is 9.46 Å². The molecule has 11 heteroatoms. The van der Waals surface area contributed by atoms with E-state index >= 15 is 0 Å². The second-order valence-corrected chi connectivity index (χ2v) is 11.1. The quantitative estimate of drug-likeness (QED) is 0.401. The lowest BCUT2D eigenvalue weighted by atomic mass is 9.62. The van der Waals surface area contributed by atoms with Crippen molar-refractivity contribution >= 4 is 8.53 Å². The minimum atomic E-state index is -1.39. The summed E-state index contributed by atoms with van der Waals surface area (Å²) in [6.07, 6.45) is 1.73. The number of rotatable bonds is 10. The van der Waals surface area contributed by atoms with Crippen molar-refractivity contribution in [1.82, 2.24) is 14.2 Å². The van der Waals surface area contributed by atoms with Crippen LogP contribution in [0.2, 0.25) is 0 Å². The average Bonchev–Trinajstić information content (AvgIpc) is 3.19. The molecule has 2 aliphatic heterocycles. The maximum absolute atomic E-state index is 12.5. The zero-order chi connectivity index (χ0) is 23.9. The highest BCUT2D eigenvalue weighted by Gasteiger charge is 2.70. The Labute approximate surface area is 194 Å². The van der Waals surface area contributed by atoms with E-state index in [-0.39, 0.29) is 24.1 Å². The predicted molar refractivity (Wildman–Crippen MR) is 121 cm³/mol. The molecule has 182 valence electrons. The molecule has 3 aliphatic rings. The number of hydrogen-bond acceptors (Lipinski definition) is 8. The number of nitriles is 1. The molecular weight excluding hydrogens is 447 g/mol. The molecule has 2 saturated heterocycles. The molecule has 10 nitrogen and oxygen atoms in total. The third-order valence-electron chi connectivity index (χ3n) is 6.72. The number of nitrogens with one attached hydrogen (secondary N) is 1. The van der Waals surface area contributed by atoms with Crippen LogP contribution in [0.3, 0.4) is 0 Å². The molecule has 0 spiro atoms. The monoisotopic (exact) mass is 480 g/mol. The molecule has 1 aliphatic carbocycles. The third-order valence-corrected chi connectivity index (χ3v) is 8.77. The fraction of sp³-hybridized carbons (Fsp3) is 0.773. The molecule has 3 heterocycles. The van der Waals surface area contributed by atoms with Crippen molar-refractivity contribution in [3.05, 3.63) is 32.6 Å². The molecular formula is C22H33N4O6P. The summed E-state index contributed by atoms with van der Waals surface area (Å²) in [6, 6.07) is 2.52. The van der Waals surface area contributed by atoms with E-state index in [0.717, 1.165) is 6.42 Å². The van der Waals surface area contributed by atoms with Gasteiger partial charge in [0.25, 0.3) is 14.1 Å². The van der Waals surface area contributed by atoms with Crippen LogP contribution in [-0.2, 0) is 18.5 Å². The van der Waals surface area contributed by atoms with Gasteiger partial charge in [0.2, 0.25) is 0 Å². The van der Waals surface area contributed by atoms with Crippen molar-refractivity contribution in [2.45, 2.75) is 77.5 Å². The summed E-state index contributed by atoms with van der Waals surface area (Å²) in [7, 11) is -1.39. The number of aryl methyl sites for hydroxylation is 1. The van der Waals surface area contributed by atoms with Gasteiger partial charge in [-0.15, -0.1) is 0 Å². The number of aromatic nitrogens is 2. The first-order chi connectivity index (χ1) is 15.7. The van der Waals surface area contributed by atoms with Crippen LogP contribution in [0, 0.1) is 30.1 Å². The Morgan fingerprint density at radius 3 is 2.73 bits per heavy atom. The van der Waals surface area contributed by atoms with E-state index in [1.807, 2.05) is 0 Å². The Hall–Kier alpha value is -1.60. The zero-order valence-corrected chi connectivity index (χ0v) is 20.7. The van der Waals surface area contributed by atoms with E-state index in [2.05, 4.69) is 43.4 Å². The summed E-state index contributed by atoms with van der Waals surface area (Å²) >= 11 is 0. The van der Waals surface area contributed by atoms with Gasteiger partial charge in [0.05, 0.1) is 32.3 Å². The molecule has 6 atom stereocenters. The molecule has 1 N–H and O–H groups in total. The Kier molecular flexibility index (Phi) is 7.11. The smallest absolute Gasteiger partial charge is 0.330 e. The fourth-order valence-corrected chi connectivity index (χ4v) is 7.07. The van der Waals surface area contributed by atoms with Crippen LogP contribution in [0.1, 0.15) is 52.3 Å². The van der Waals surface area contributed by atoms with Gasteiger partial charge in [0.15, 0.2) is 6.23 Å². The van der Waals surface area contributed by atoms with Crippen molar-refractivity contribution < 1.29 is 18.5 Å². The lowest BCUT2D eigenvalue weighted by Crippen LogP contribution is -2.55. The van der Waals surface area contributed by atoms with Crippen molar-refractivity contribution in [2.24, 2.45) is 11.8 Å². The SMILES string of the molecule is Cc1cn([C@@H]2O[C@@]3(COP(OCCC#N)N(C(C)C)C(C)C)CC4CO[C@@H]2[C@H]43)c(=O)[nH]c1=O. The lowest BCUT2D eigenvalue weighted by molar-refractivity contribution is -0.180. The van der Waals surface area contributed by atoms with Crippen molar-refractivity contribution in [3.8, 4) is 6.07 Å². The molecule has 33 heavy (non-hydrogen) atoms. The van der Waals surface area contributed by atoms with Crippen LogP contribution < -0.4 is 11.2 Å². The Bertz CT molecular complexity index is 1010. The fourth-order valence-electron chi connectivity index (χ4n) is 5.40. The largest absolute Gasteiger partial charge is 0.373 e. The molecule has 4 rings (SSSR count). The maximum atomic E-state index is 12.5. The van der Waals surface area contributed by atoms with Crippen LogP contribution >= 0.6 is 8.53 Å². The number of hydrogen-bond donors (Lipinski definition) is 1. The first-order valence-electron chi connectivity index (χ1n) is 11.5. The first kappa shape index (κ1) is 24.5. The van der Waals surface area contributed by atoms with Gasteiger partial charge in [-0.05, 0) is 47.0 Å². The molecule has 0 amide bonds. The van der Waals surface area contributed by atoms with Gasteiger partial charge in [0, 0.05) is 29.8 Å². The number of H-pyrrole nitrogens is 1. The van der Waals surface area contributed by atoms with E-state index in [4.69, 9.17) is 23.8 Å². The highest BCUT2D eigenvalue weighted by Crippen LogP contribution is 2.63. The molecule has 1 saturated carbocycles. The second-order valence-electron chi connectivity index (χ2n) is 9.66. The van der Waals surface area contributed by atoms with Gasteiger partial charge in [-0.1, -0.05) is 0 Å². The minimum Gasteiger partial charge on any atom is -0.373 e. The van der Waals surface area contributed by atoms with Crippen LogP contribution in [0.15, 0.2) is 15.8 Å². The summed E-state index contributed by atoms with van der Waals surface area (Å²) in [5.41, 5.74) is -1.04. The summed E-state index contributed by atoms with van der Waals surface area (Å²) in [6.45, 7) is 11.3. The zero-order valence-electron chi connectivity index (χ0n) is 19.8. The standard InChI is InChI=1S/C22H33N4O6P/c1-13(2)26(14(3)4)33(30-8-6-7-23)31-12-22-9-16-11-29-18(17(16)22)20(32-22)25-10-15(5)19(27)24-21(25)28/h10,13-14,16-18,20H,6,8-9,11-12H2,1-5H3,(H,24,27,28)/t16?,17-,18+,20+,22+,33?/m0/s1. The molecule has 0 bridgehead atoms. The summed E-state index contributed by atoms with van der Waals surface area (Å²) in [5.74, 6) is 0.476. The highest BCUT2D eigenvalue weighted by atomic mass is 31.2. The summed E-state index contributed by atoms with van der Waals surface area (Å²) in [4.78, 5) is 26.7. The molecule has 3 fully saturated rings. The second kappa shape index (κ2) is 9.57. The van der Waals surface area contributed by atoms with E-state index in [9.17, 15) is 9.59 Å². The van der Waals surface area contributed by atoms with Crippen molar-refractivity contribution in [2.75, 3.05) is 19.8 Å². The normalized spacial score (nSPS) is 31.1. The van der Waals surface area contributed by atoms with Gasteiger partial charge < -0.3 is 18.5 Å². The number of ether oxygens (including phenoxy) is 2. The highest BCUT2D eigenvalue weighted by molar-refractivity contribution is 7.44. The first-order valence-corrected chi connectivity index (χ1v) is 12.6. The van der Waals surface area contributed by atoms with E-state index in [1.165, 1.54) is 4.57 Å². The van der Waals surface area contributed by atoms with E-state index in [1.54, 1.807) is 13.1 Å². The van der Waals surface area contributed by atoms with Gasteiger partial charge in [0.1, 0.15) is 11.7 Å². The van der Waals surface area contributed by atoms with E-state index in [0.29, 0.717) is 37.7 Å². The van der Waals surface area contributed by atoms with Crippen LogP contribution in [0.4, 0.5) is 0 Å².